The molecule has 1 saturated heterocycles. The number of hydrazine groups is 1. The molecule has 8 nitrogen and oxygen atoms in total. The molecule has 2 aromatic rings. The minimum Gasteiger partial charge on any atom is -0.455 e. The lowest BCUT2D eigenvalue weighted by atomic mass is 10.1. The molecule has 2 N–H and O–H groups in total. The maximum atomic E-state index is 12.4. The number of halogens is 1. The van der Waals surface area contributed by atoms with Gasteiger partial charge in [-0.25, -0.2) is 0 Å². The number of esters is 1. The van der Waals surface area contributed by atoms with E-state index in [9.17, 15) is 19.2 Å². The number of amides is 3. The molecule has 2 aromatic carbocycles. The molecule has 9 heteroatoms. The van der Waals surface area contributed by atoms with Gasteiger partial charge in [0, 0.05) is 23.0 Å². The van der Waals surface area contributed by atoms with Crippen molar-refractivity contribution in [3.63, 3.8) is 0 Å². The first-order chi connectivity index (χ1) is 14.8. The van der Waals surface area contributed by atoms with Crippen LogP contribution in [-0.2, 0) is 19.1 Å². The van der Waals surface area contributed by atoms with Crippen molar-refractivity contribution in [3.05, 3.63) is 70.2 Å². The van der Waals surface area contributed by atoms with E-state index in [0.29, 0.717) is 5.56 Å². The van der Waals surface area contributed by atoms with E-state index in [1.165, 1.54) is 0 Å². The Labute approximate surface area is 188 Å². The number of benzene rings is 2. The molecule has 1 fully saturated rings. The van der Waals surface area contributed by atoms with Crippen LogP contribution in [0, 0.1) is 5.92 Å². The predicted molar refractivity (Wildman–Crippen MR) is 115 cm³/mol. The molecule has 0 aliphatic carbocycles. The van der Waals surface area contributed by atoms with E-state index in [0.717, 1.165) is 10.0 Å². The number of nitrogens with one attached hydrogen (secondary N) is 2. The first-order valence-corrected chi connectivity index (χ1v) is 10.5. The Balaban J connectivity index is 1.44. The molecule has 31 heavy (non-hydrogen) atoms. The number of hydrogen-bond acceptors (Lipinski definition) is 5. The molecule has 3 amide bonds. The number of carbonyl (C=O) groups excluding carboxylic acids is 4. The second kappa shape index (κ2) is 10.2. The lowest BCUT2D eigenvalue weighted by molar-refractivity contribution is -0.152. The summed E-state index contributed by atoms with van der Waals surface area (Å²) in [6, 6.07) is 16.0. The fourth-order valence-corrected chi connectivity index (χ4v) is 3.53. The van der Waals surface area contributed by atoms with Crippen LogP contribution in [0.2, 0.25) is 0 Å². The summed E-state index contributed by atoms with van der Waals surface area (Å²) >= 11 is 3.27. The minimum absolute atomic E-state index is 0.0396. The largest absolute Gasteiger partial charge is 0.455 e. The van der Waals surface area contributed by atoms with E-state index < -0.39 is 30.3 Å². The van der Waals surface area contributed by atoms with Crippen LogP contribution in [0.25, 0.3) is 0 Å². The van der Waals surface area contributed by atoms with Crippen LogP contribution in [0.4, 0.5) is 0 Å². The minimum atomic E-state index is -0.683. The highest BCUT2D eigenvalue weighted by molar-refractivity contribution is 9.10. The van der Waals surface area contributed by atoms with Crippen molar-refractivity contribution in [2.45, 2.75) is 19.4 Å². The van der Waals surface area contributed by atoms with Gasteiger partial charge in [-0.3, -0.25) is 30.0 Å². The number of likely N-dealkylation sites (tertiary alicyclic amines) is 1. The maximum absolute atomic E-state index is 12.4. The summed E-state index contributed by atoms with van der Waals surface area (Å²) in [7, 11) is 0. The van der Waals surface area contributed by atoms with Gasteiger partial charge in [0.15, 0.2) is 6.61 Å². The zero-order valence-electron chi connectivity index (χ0n) is 16.8. The zero-order valence-corrected chi connectivity index (χ0v) is 18.4. The van der Waals surface area contributed by atoms with Gasteiger partial charge in [0.25, 0.3) is 11.8 Å². The standard InChI is InChI=1S/C22H22BrN3O5/c1-14(15-5-3-2-4-6-15)26-12-17(11-20(26)28)22(30)31-13-19(27)24-25-21(29)16-7-9-18(23)10-8-16/h2-10,14,17H,11-13H2,1H3,(H,24,27)(H,25,29)/t14-,17-/m0/s1. The van der Waals surface area contributed by atoms with Crippen molar-refractivity contribution in [2.24, 2.45) is 5.92 Å². The van der Waals surface area contributed by atoms with Gasteiger partial charge >= 0.3 is 5.97 Å². The molecule has 3 rings (SSSR count). The zero-order chi connectivity index (χ0) is 22.4. The smallest absolute Gasteiger partial charge is 0.311 e. The number of nitrogens with zero attached hydrogens (tertiary/aromatic N) is 1. The van der Waals surface area contributed by atoms with Crippen LogP contribution in [0.5, 0.6) is 0 Å². The summed E-state index contributed by atoms with van der Waals surface area (Å²) < 4.78 is 5.86. The van der Waals surface area contributed by atoms with E-state index in [-0.39, 0.29) is 24.9 Å². The van der Waals surface area contributed by atoms with Crippen LogP contribution >= 0.6 is 15.9 Å². The molecule has 0 radical (unpaired) electrons. The van der Waals surface area contributed by atoms with Gasteiger partial charge in [0.05, 0.1) is 12.0 Å². The highest BCUT2D eigenvalue weighted by Crippen LogP contribution is 2.28. The third-order valence-corrected chi connectivity index (χ3v) is 5.54. The quantitative estimate of drug-likeness (QED) is 0.480. The first kappa shape index (κ1) is 22.5. The summed E-state index contributed by atoms with van der Waals surface area (Å²) in [4.78, 5) is 50.2. The Morgan fingerprint density at radius 3 is 2.45 bits per heavy atom. The Bertz CT molecular complexity index is 965. The monoisotopic (exact) mass is 487 g/mol. The number of rotatable bonds is 6. The summed E-state index contributed by atoms with van der Waals surface area (Å²) in [6.45, 7) is 1.58. The molecular weight excluding hydrogens is 466 g/mol. The van der Waals surface area contributed by atoms with Gasteiger partial charge in [-0.1, -0.05) is 46.3 Å². The molecule has 0 bridgehead atoms. The molecule has 2 atom stereocenters. The summed E-state index contributed by atoms with van der Waals surface area (Å²) in [5, 5.41) is 0. The van der Waals surface area contributed by atoms with Gasteiger partial charge in [-0.2, -0.15) is 0 Å². The van der Waals surface area contributed by atoms with Crippen molar-refractivity contribution >= 4 is 39.6 Å². The summed E-state index contributed by atoms with van der Waals surface area (Å²) in [6.07, 6.45) is 0.0396. The normalized spacial score (nSPS) is 16.5. The maximum Gasteiger partial charge on any atom is 0.311 e. The predicted octanol–water partition coefficient (Wildman–Crippen LogP) is 2.36. The Morgan fingerprint density at radius 2 is 1.77 bits per heavy atom. The van der Waals surface area contributed by atoms with Crippen molar-refractivity contribution in [3.8, 4) is 0 Å². The molecule has 0 saturated carbocycles. The van der Waals surface area contributed by atoms with Crippen molar-refractivity contribution in [2.75, 3.05) is 13.2 Å². The average molecular weight is 488 g/mol. The Morgan fingerprint density at radius 1 is 1.10 bits per heavy atom. The lowest BCUT2D eigenvalue weighted by Crippen LogP contribution is -2.43. The second-order valence-electron chi connectivity index (χ2n) is 7.15. The molecule has 162 valence electrons. The fraction of sp³-hybridized carbons (Fsp3) is 0.273. The van der Waals surface area contributed by atoms with E-state index >= 15 is 0 Å². The summed E-state index contributed by atoms with van der Waals surface area (Å²) in [5.41, 5.74) is 5.78. The van der Waals surface area contributed by atoms with E-state index in [4.69, 9.17) is 4.74 Å². The average Bonchev–Trinajstić information content (AvgIpc) is 3.18. The molecule has 0 spiro atoms. The molecule has 1 heterocycles. The van der Waals surface area contributed by atoms with Crippen molar-refractivity contribution < 1.29 is 23.9 Å². The van der Waals surface area contributed by atoms with Crippen LogP contribution in [0.3, 0.4) is 0 Å². The molecular formula is C22H22BrN3O5. The topological polar surface area (TPSA) is 105 Å². The highest BCUT2D eigenvalue weighted by atomic mass is 79.9. The van der Waals surface area contributed by atoms with E-state index in [1.54, 1.807) is 29.2 Å². The molecule has 0 aromatic heterocycles. The fourth-order valence-electron chi connectivity index (χ4n) is 3.27. The molecule has 1 aliphatic rings. The van der Waals surface area contributed by atoms with Crippen LogP contribution in [0.1, 0.15) is 35.3 Å². The van der Waals surface area contributed by atoms with Gasteiger partial charge in [0.2, 0.25) is 5.91 Å². The Hall–Kier alpha value is -3.20. The number of hydrogen-bond donors (Lipinski definition) is 2. The third-order valence-electron chi connectivity index (χ3n) is 5.01. The van der Waals surface area contributed by atoms with Gasteiger partial charge in [0.1, 0.15) is 0 Å². The van der Waals surface area contributed by atoms with Gasteiger partial charge in [-0.05, 0) is 36.8 Å². The number of ether oxygens (including phenoxy) is 1. The van der Waals surface area contributed by atoms with E-state index in [2.05, 4.69) is 26.8 Å². The molecule has 0 unspecified atom stereocenters. The van der Waals surface area contributed by atoms with Crippen molar-refractivity contribution in [1.82, 2.24) is 15.8 Å². The second-order valence-corrected chi connectivity index (χ2v) is 8.07. The van der Waals surface area contributed by atoms with E-state index in [1.807, 2.05) is 37.3 Å². The summed E-state index contributed by atoms with van der Waals surface area (Å²) in [5.74, 6) is -2.57. The lowest BCUT2D eigenvalue weighted by Gasteiger charge is -2.25. The van der Waals surface area contributed by atoms with Crippen LogP contribution in [-0.4, -0.2) is 41.7 Å². The van der Waals surface area contributed by atoms with Crippen LogP contribution < -0.4 is 10.9 Å². The van der Waals surface area contributed by atoms with Gasteiger partial charge in [-0.15, -0.1) is 0 Å². The van der Waals surface area contributed by atoms with Crippen molar-refractivity contribution in [1.29, 1.82) is 0 Å². The highest BCUT2D eigenvalue weighted by Gasteiger charge is 2.38. The van der Waals surface area contributed by atoms with Gasteiger partial charge < -0.3 is 9.64 Å². The SMILES string of the molecule is C[C@@H](c1ccccc1)N1C[C@@H](C(=O)OCC(=O)NNC(=O)c2ccc(Br)cc2)CC1=O. The number of carbonyl (C=O) groups is 4. The first-order valence-electron chi connectivity index (χ1n) is 9.71. The molecule has 1 aliphatic heterocycles. The Kier molecular flexibility index (Phi) is 7.41. The van der Waals surface area contributed by atoms with Crippen LogP contribution in [0.15, 0.2) is 59.1 Å². The third kappa shape index (κ3) is 5.91.